The molecule has 0 unspecified atom stereocenters. The molecule has 1 rings (SSSR count). The predicted molar refractivity (Wildman–Crippen MR) is 88.6 cm³/mol. The number of rotatable bonds is 7. The molecule has 0 N–H and O–H groups in total. The highest BCUT2D eigenvalue weighted by atomic mass is 28.4. The molecular weight excluding hydrogens is 264 g/mol. The van der Waals surface area contributed by atoms with E-state index in [9.17, 15) is 4.79 Å². The Morgan fingerprint density at radius 1 is 1.00 bits per heavy atom. The molecule has 0 aromatic rings. The van der Waals surface area contributed by atoms with Crippen LogP contribution in [0.2, 0.25) is 16.6 Å². The van der Waals surface area contributed by atoms with Crippen molar-refractivity contribution in [3.63, 3.8) is 0 Å². The van der Waals surface area contributed by atoms with Gasteiger partial charge in [-0.25, -0.2) is 0 Å². The molecule has 118 valence electrons. The first-order valence-corrected chi connectivity index (χ1v) is 10.6. The van der Waals surface area contributed by atoms with E-state index in [1.54, 1.807) is 0 Å². The second kappa shape index (κ2) is 7.74. The first kappa shape index (κ1) is 17.9. The normalized spacial score (nSPS) is 24.6. The number of aldehydes is 1. The fourth-order valence-electron chi connectivity index (χ4n) is 4.39. The van der Waals surface area contributed by atoms with Gasteiger partial charge in [-0.05, 0) is 35.4 Å². The number of hydrogen-bond donors (Lipinski definition) is 0. The summed E-state index contributed by atoms with van der Waals surface area (Å²) >= 11 is 0. The van der Waals surface area contributed by atoms with E-state index in [0.29, 0.717) is 35.1 Å². The second-order valence-electron chi connectivity index (χ2n) is 7.42. The standard InChI is InChI=1S/C17H34O2Si/c1-13(2)20(14(3)4,15(5)6)19-17-10-8-7-9-16(17)11-12-18/h12-17H,7-11H2,1-6H3/t16-,17-/m1/s1. The third-order valence-corrected chi connectivity index (χ3v) is 11.4. The lowest BCUT2D eigenvalue weighted by atomic mass is 9.85. The monoisotopic (exact) mass is 298 g/mol. The maximum absolute atomic E-state index is 10.9. The zero-order valence-electron chi connectivity index (χ0n) is 14.3. The van der Waals surface area contributed by atoms with Crippen LogP contribution in [0.5, 0.6) is 0 Å². The molecule has 2 atom stereocenters. The molecule has 1 saturated carbocycles. The molecule has 0 aromatic carbocycles. The molecule has 3 heteroatoms. The van der Waals surface area contributed by atoms with Crippen molar-refractivity contribution in [3.05, 3.63) is 0 Å². The Labute approximate surface area is 126 Å². The van der Waals surface area contributed by atoms with Gasteiger partial charge in [0.15, 0.2) is 0 Å². The smallest absolute Gasteiger partial charge is 0.200 e. The first-order chi connectivity index (χ1) is 9.36. The molecule has 0 radical (unpaired) electrons. The first-order valence-electron chi connectivity index (χ1n) is 8.47. The molecule has 2 nitrogen and oxygen atoms in total. The molecule has 0 aliphatic heterocycles. The summed E-state index contributed by atoms with van der Waals surface area (Å²) < 4.78 is 6.91. The van der Waals surface area contributed by atoms with E-state index in [4.69, 9.17) is 4.43 Å². The van der Waals surface area contributed by atoms with Gasteiger partial charge in [-0.2, -0.15) is 0 Å². The van der Waals surface area contributed by atoms with E-state index < -0.39 is 8.32 Å². The van der Waals surface area contributed by atoms with Gasteiger partial charge in [0.25, 0.3) is 0 Å². The third kappa shape index (κ3) is 3.73. The van der Waals surface area contributed by atoms with Crippen LogP contribution in [0.4, 0.5) is 0 Å². The average Bonchev–Trinajstić information content (AvgIpc) is 2.36. The molecule has 0 spiro atoms. The Morgan fingerprint density at radius 3 is 1.95 bits per heavy atom. The average molecular weight is 299 g/mol. The van der Waals surface area contributed by atoms with Gasteiger partial charge in [-0.3, -0.25) is 0 Å². The molecule has 0 saturated heterocycles. The van der Waals surface area contributed by atoms with Crippen molar-refractivity contribution in [2.45, 2.75) is 96.4 Å². The van der Waals surface area contributed by atoms with Crippen molar-refractivity contribution in [2.75, 3.05) is 0 Å². The van der Waals surface area contributed by atoms with Crippen LogP contribution in [0.3, 0.4) is 0 Å². The largest absolute Gasteiger partial charge is 0.413 e. The van der Waals surface area contributed by atoms with E-state index in [0.717, 1.165) is 12.7 Å². The van der Waals surface area contributed by atoms with Crippen molar-refractivity contribution in [1.29, 1.82) is 0 Å². The summed E-state index contributed by atoms with van der Waals surface area (Å²) in [5, 5.41) is 0. The minimum absolute atomic E-state index is 0.327. The Bertz CT molecular complexity index is 278. The topological polar surface area (TPSA) is 26.3 Å². The summed E-state index contributed by atoms with van der Waals surface area (Å²) in [4.78, 5) is 10.9. The van der Waals surface area contributed by atoms with Gasteiger partial charge in [0, 0.05) is 12.5 Å². The summed E-state index contributed by atoms with van der Waals surface area (Å²) in [6.45, 7) is 14.0. The lowest BCUT2D eigenvalue weighted by Crippen LogP contribution is -2.52. The Morgan fingerprint density at radius 2 is 1.50 bits per heavy atom. The lowest BCUT2D eigenvalue weighted by molar-refractivity contribution is -0.109. The van der Waals surface area contributed by atoms with Crippen molar-refractivity contribution < 1.29 is 9.22 Å². The zero-order valence-corrected chi connectivity index (χ0v) is 15.3. The molecule has 0 heterocycles. The summed E-state index contributed by atoms with van der Waals surface area (Å²) in [6, 6.07) is 0. The Hall–Kier alpha value is -0.153. The SMILES string of the molecule is CC(C)[Si](O[C@@H]1CCCC[C@@H]1CC=O)(C(C)C)C(C)C. The van der Waals surface area contributed by atoms with Gasteiger partial charge < -0.3 is 9.22 Å². The zero-order chi connectivity index (χ0) is 15.3. The molecule has 1 fully saturated rings. The van der Waals surface area contributed by atoms with E-state index in [2.05, 4.69) is 41.5 Å². The quantitative estimate of drug-likeness (QED) is 0.469. The van der Waals surface area contributed by atoms with Crippen molar-refractivity contribution in [1.82, 2.24) is 0 Å². The minimum Gasteiger partial charge on any atom is -0.413 e. The van der Waals surface area contributed by atoms with E-state index in [1.165, 1.54) is 19.3 Å². The fraction of sp³-hybridized carbons (Fsp3) is 0.941. The molecule has 1 aliphatic rings. The highest BCUT2D eigenvalue weighted by Gasteiger charge is 2.47. The van der Waals surface area contributed by atoms with Crippen LogP contribution in [0.25, 0.3) is 0 Å². The van der Waals surface area contributed by atoms with E-state index in [1.807, 2.05) is 0 Å². The maximum Gasteiger partial charge on any atom is 0.200 e. The Balaban J connectivity index is 2.94. The minimum atomic E-state index is -1.80. The molecular formula is C17H34O2Si. The van der Waals surface area contributed by atoms with Crippen molar-refractivity contribution in [2.24, 2.45) is 5.92 Å². The van der Waals surface area contributed by atoms with Crippen molar-refractivity contribution in [3.8, 4) is 0 Å². The van der Waals surface area contributed by atoms with Gasteiger partial charge in [-0.15, -0.1) is 0 Å². The maximum atomic E-state index is 10.9. The summed E-state index contributed by atoms with van der Waals surface area (Å²) in [7, 11) is -1.80. The summed E-state index contributed by atoms with van der Waals surface area (Å²) in [5.41, 5.74) is 1.88. The molecule has 0 amide bonds. The fourth-order valence-corrected chi connectivity index (χ4v) is 10.0. The summed E-state index contributed by atoms with van der Waals surface area (Å²) in [5.74, 6) is 0.462. The van der Waals surface area contributed by atoms with E-state index >= 15 is 0 Å². The van der Waals surface area contributed by atoms with Crippen LogP contribution in [0.1, 0.15) is 73.6 Å². The summed E-state index contributed by atoms with van der Waals surface area (Å²) in [6.07, 6.45) is 6.95. The van der Waals surface area contributed by atoms with E-state index in [-0.39, 0.29) is 0 Å². The van der Waals surface area contributed by atoms with Crippen LogP contribution >= 0.6 is 0 Å². The van der Waals surface area contributed by atoms with Crippen LogP contribution in [-0.4, -0.2) is 20.7 Å². The van der Waals surface area contributed by atoms with Gasteiger partial charge in [0.1, 0.15) is 6.29 Å². The number of hydrogen-bond acceptors (Lipinski definition) is 2. The third-order valence-electron chi connectivity index (χ3n) is 5.30. The van der Waals surface area contributed by atoms with Crippen LogP contribution < -0.4 is 0 Å². The van der Waals surface area contributed by atoms with Gasteiger partial charge in [-0.1, -0.05) is 54.4 Å². The number of carbonyl (C=O) groups excluding carboxylic acids is 1. The molecule has 20 heavy (non-hydrogen) atoms. The lowest BCUT2D eigenvalue weighted by Gasteiger charge is -2.47. The van der Waals surface area contributed by atoms with Gasteiger partial charge >= 0.3 is 0 Å². The molecule has 0 bridgehead atoms. The highest BCUT2D eigenvalue weighted by molar-refractivity contribution is 6.77. The molecule has 1 aliphatic carbocycles. The van der Waals surface area contributed by atoms with Crippen LogP contribution in [-0.2, 0) is 9.22 Å². The predicted octanol–water partition coefficient (Wildman–Crippen LogP) is 5.33. The van der Waals surface area contributed by atoms with Gasteiger partial charge in [0.05, 0.1) is 0 Å². The van der Waals surface area contributed by atoms with Crippen LogP contribution in [0.15, 0.2) is 0 Å². The molecule has 0 aromatic heterocycles. The second-order valence-corrected chi connectivity index (χ2v) is 12.8. The van der Waals surface area contributed by atoms with Gasteiger partial charge in [0.2, 0.25) is 8.32 Å². The highest BCUT2D eigenvalue weighted by Crippen LogP contribution is 2.45. The van der Waals surface area contributed by atoms with Crippen LogP contribution in [0, 0.1) is 5.92 Å². The Kier molecular flexibility index (Phi) is 6.93. The van der Waals surface area contributed by atoms with Crippen molar-refractivity contribution >= 4 is 14.6 Å². The number of carbonyl (C=O) groups is 1.